The summed E-state index contributed by atoms with van der Waals surface area (Å²) in [6.45, 7) is 5.91. The average molecular weight is 379 g/mol. The largest absolute Gasteiger partial charge is 0.494 e. The van der Waals surface area contributed by atoms with Crippen molar-refractivity contribution in [2.24, 2.45) is 0 Å². The van der Waals surface area contributed by atoms with Crippen molar-refractivity contribution in [2.45, 2.75) is 46.0 Å². The summed E-state index contributed by atoms with van der Waals surface area (Å²) < 4.78 is 11.8. The molecule has 0 N–H and O–H groups in total. The van der Waals surface area contributed by atoms with Crippen LogP contribution in [-0.2, 0) is 0 Å². The van der Waals surface area contributed by atoms with E-state index in [2.05, 4.69) is 60.1 Å². The number of hydrogen-bond donors (Lipinski definition) is 0. The Hall–Kier alpha value is -1.22. The molecule has 0 atom stereocenters. The number of hydrogen-bond acceptors (Lipinski definition) is 2. The quantitative estimate of drug-likeness (QED) is 0.358. The zero-order valence-corrected chi connectivity index (χ0v) is 15.8. The second-order valence-corrected chi connectivity index (χ2v) is 6.66. The van der Waals surface area contributed by atoms with Crippen LogP contribution in [0.2, 0.25) is 0 Å². The van der Waals surface area contributed by atoms with Gasteiger partial charge in [-0.25, -0.2) is 0 Å². The van der Waals surface area contributed by atoms with Crippen LogP contribution in [0.1, 0.15) is 44.6 Å². The van der Waals surface area contributed by atoms with Gasteiger partial charge in [0, 0.05) is 5.33 Å². The molecule has 0 bridgehead atoms. The highest BCUT2D eigenvalue weighted by atomic mass is 79.9. The lowest BCUT2D eigenvalue weighted by Gasteiger charge is -2.12. The molecule has 2 nitrogen and oxygen atoms in total. The van der Waals surface area contributed by atoms with Gasteiger partial charge in [-0.1, -0.05) is 47.8 Å². The number of benzene rings is 2. The second-order valence-electron chi connectivity index (χ2n) is 5.87. The summed E-state index contributed by atoms with van der Waals surface area (Å²) in [5.41, 5.74) is 1.21. The van der Waals surface area contributed by atoms with E-state index in [4.69, 9.17) is 9.47 Å². The van der Waals surface area contributed by atoms with Crippen LogP contribution in [0, 0.1) is 6.92 Å². The Morgan fingerprint density at radius 3 is 2.48 bits per heavy atom. The molecule has 0 saturated carbocycles. The van der Waals surface area contributed by atoms with Gasteiger partial charge in [-0.05, 0) is 60.7 Å². The van der Waals surface area contributed by atoms with Crippen LogP contribution < -0.4 is 9.47 Å². The molecule has 23 heavy (non-hydrogen) atoms. The number of rotatable bonds is 10. The minimum atomic E-state index is 0.774. The molecule has 0 aromatic heterocycles. The van der Waals surface area contributed by atoms with Crippen molar-refractivity contribution in [3.63, 3.8) is 0 Å². The summed E-state index contributed by atoms with van der Waals surface area (Å²) in [5, 5.41) is 3.49. The van der Waals surface area contributed by atoms with Gasteiger partial charge in [0.15, 0.2) is 0 Å². The first-order valence-corrected chi connectivity index (χ1v) is 9.73. The molecule has 0 heterocycles. The summed E-state index contributed by atoms with van der Waals surface area (Å²) in [6.07, 6.45) is 5.79. The van der Waals surface area contributed by atoms with Gasteiger partial charge in [-0.3, -0.25) is 0 Å². The standard InChI is InChI=1S/C20H27BrO2/c1-3-4-6-13-22-18-9-10-19-16(2)20(11-8-17(19)15-18)23-14-7-5-12-21/h8-11,15H,3-7,12-14H2,1-2H3. The second kappa shape index (κ2) is 9.82. The van der Waals surface area contributed by atoms with Crippen molar-refractivity contribution in [2.75, 3.05) is 18.5 Å². The maximum atomic E-state index is 5.92. The van der Waals surface area contributed by atoms with E-state index in [1.165, 1.54) is 29.2 Å². The molecule has 0 aliphatic heterocycles. The third-order valence-electron chi connectivity index (χ3n) is 4.01. The first-order valence-electron chi connectivity index (χ1n) is 8.61. The fourth-order valence-corrected chi connectivity index (χ4v) is 3.01. The Morgan fingerprint density at radius 1 is 0.913 bits per heavy atom. The average Bonchev–Trinajstić information content (AvgIpc) is 2.57. The number of aryl methyl sites for hydroxylation is 1. The number of ether oxygens (including phenoxy) is 2. The monoisotopic (exact) mass is 378 g/mol. The van der Waals surface area contributed by atoms with E-state index in [-0.39, 0.29) is 0 Å². The first kappa shape index (κ1) is 18.1. The van der Waals surface area contributed by atoms with Gasteiger partial charge in [0.1, 0.15) is 11.5 Å². The Bertz CT molecular complexity index is 610. The molecule has 0 amide bonds. The predicted octanol–water partition coefficient (Wildman–Crippen LogP) is 6.27. The van der Waals surface area contributed by atoms with E-state index >= 15 is 0 Å². The maximum Gasteiger partial charge on any atom is 0.122 e. The fourth-order valence-electron chi connectivity index (χ4n) is 2.61. The molecule has 0 unspecified atom stereocenters. The summed E-state index contributed by atoms with van der Waals surface area (Å²) in [6, 6.07) is 10.5. The van der Waals surface area contributed by atoms with Gasteiger partial charge < -0.3 is 9.47 Å². The third kappa shape index (κ3) is 5.42. The molecule has 0 saturated heterocycles. The number of halogens is 1. The lowest BCUT2D eigenvalue weighted by molar-refractivity contribution is 0.306. The molecule has 2 rings (SSSR count). The van der Waals surface area contributed by atoms with E-state index in [9.17, 15) is 0 Å². The van der Waals surface area contributed by atoms with Crippen LogP contribution in [0.3, 0.4) is 0 Å². The van der Waals surface area contributed by atoms with Crippen molar-refractivity contribution in [3.05, 3.63) is 35.9 Å². The predicted molar refractivity (Wildman–Crippen MR) is 102 cm³/mol. The Balaban J connectivity index is 2.03. The molecule has 2 aromatic rings. The first-order chi connectivity index (χ1) is 11.3. The molecule has 0 radical (unpaired) electrons. The van der Waals surface area contributed by atoms with Crippen molar-refractivity contribution in [1.29, 1.82) is 0 Å². The van der Waals surface area contributed by atoms with Crippen molar-refractivity contribution in [1.82, 2.24) is 0 Å². The van der Waals surface area contributed by atoms with Crippen LogP contribution >= 0.6 is 15.9 Å². The lowest BCUT2D eigenvalue weighted by Crippen LogP contribution is -2.00. The van der Waals surface area contributed by atoms with E-state index in [0.717, 1.165) is 49.3 Å². The SMILES string of the molecule is CCCCCOc1ccc2c(C)c(OCCCCBr)ccc2c1. The summed E-state index contributed by atoms with van der Waals surface area (Å²) >= 11 is 3.45. The van der Waals surface area contributed by atoms with Gasteiger partial charge in [0.2, 0.25) is 0 Å². The van der Waals surface area contributed by atoms with Gasteiger partial charge in [0.25, 0.3) is 0 Å². The van der Waals surface area contributed by atoms with E-state index in [0.29, 0.717) is 0 Å². The molecule has 0 spiro atoms. The number of unbranched alkanes of at least 4 members (excludes halogenated alkanes) is 3. The van der Waals surface area contributed by atoms with Gasteiger partial charge >= 0.3 is 0 Å². The lowest BCUT2D eigenvalue weighted by atomic mass is 10.0. The molecule has 126 valence electrons. The van der Waals surface area contributed by atoms with Crippen molar-refractivity contribution >= 4 is 26.7 Å². The van der Waals surface area contributed by atoms with E-state index in [1.54, 1.807) is 0 Å². The molecule has 3 heteroatoms. The highest BCUT2D eigenvalue weighted by Crippen LogP contribution is 2.30. The summed E-state index contributed by atoms with van der Waals surface area (Å²) in [7, 11) is 0. The molecule has 0 aliphatic carbocycles. The maximum absolute atomic E-state index is 5.92. The van der Waals surface area contributed by atoms with Gasteiger partial charge in [-0.15, -0.1) is 0 Å². The van der Waals surface area contributed by atoms with E-state index in [1.807, 2.05) is 0 Å². The minimum Gasteiger partial charge on any atom is -0.494 e. The highest BCUT2D eigenvalue weighted by molar-refractivity contribution is 9.09. The summed E-state index contributed by atoms with van der Waals surface area (Å²) in [5.74, 6) is 1.95. The third-order valence-corrected chi connectivity index (χ3v) is 4.57. The molecule has 2 aromatic carbocycles. The van der Waals surface area contributed by atoms with Gasteiger partial charge in [-0.2, -0.15) is 0 Å². The molecular weight excluding hydrogens is 352 g/mol. The number of fused-ring (bicyclic) bond motifs is 1. The van der Waals surface area contributed by atoms with E-state index < -0.39 is 0 Å². The zero-order chi connectivity index (χ0) is 16.5. The topological polar surface area (TPSA) is 18.5 Å². The van der Waals surface area contributed by atoms with Crippen LogP contribution in [0.15, 0.2) is 30.3 Å². The van der Waals surface area contributed by atoms with Crippen molar-refractivity contribution < 1.29 is 9.47 Å². The van der Waals surface area contributed by atoms with Crippen LogP contribution in [0.5, 0.6) is 11.5 Å². The molecular formula is C20H27BrO2. The van der Waals surface area contributed by atoms with Gasteiger partial charge in [0.05, 0.1) is 13.2 Å². The number of alkyl halides is 1. The van der Waals surface area contributed by atoms with Crippen molar-refractivity contribution in [3.8, 4) is 11.5 Å². The highest BCUT2D eigenvalue weighted by Gasteiger charge is 2.06. The fraction of sp³-hybridized carbons (Fsp3) is 0.500. The Labute approximate surface area is 148 Å². The smallest absolute Gasteiger partial charge is 0.122 e. The van der Waals surface area contributed by atoms with Crippen LogP contribution in [-0.4, -0.2) is 18.5 Å². The molecule has 0 fully saturated rings. The Kier molecular flexibility index (Phi) is 7.73. The Morgan fingerprint density at radius 2 is 1.70 bits per heavy atom. The normalized spacial score (nSPS) is 10.9. The van der Waals surface area contributed by atoms with Crippen LogP contribution in [0.25, 0.3) is 10.8 Å². The minimum absolute atomic E-state index is 0.774. The summed E-state index contributed by atoms with van der Waals surface area (Å²) in [4.78, 5) is 0. The zero-order valence-electron chi connectivity index (χ0n) is 14.2. The van der Waals surface area contributed by atoms with Crippen LogP contribution in [0.4, 0.5) is 0 Å². The molecule has 0 aliphatic rings.